The highest BCUT2D eigenvalue weighted by molar-refractivity contribution is 7.92. The Morgan fingerprint density at radius 2 is 1.62 bits per heavy atom. The number of nitrogens with one attached hydrogen (secondary N) is 2. The van der Waals surface area contributed by atoms with Crippen molar-refractivity contribution in [1.29, 1.82) is 0 Å². The predicted molar refractivity (Wildman–Crippen MR) is 105 cm³/mol. The summed E-state index contributed by atoms with van der Waals surface area (Å²) in [6.07, 6.45) is 3.48. The van der Waals surface area contributed by atoms with Gasteiger partial charge in [-0.3, -0.25) is 4.72 Å². The minimum Gasteiger partial charge on any atom is -0.497 e. The summed E-state index contributed by atoms with van der Waals surface area (Å²) in [5, 5.41) is 3.32. The number of sulfonamides is 1. The molecule has 2 aromatic carbocycles. The highest BCUT2D eigenvalue weighted by atomic mass is 32.2. The van der Waals surface area contributed by atoms with Crippen molar-refractivity contribution in [2.75, 3.05) is 30.8 Å². The van der Waals surface area contributed by atoms with Crippen LogP contribution in [0, 0.1) is 0 Å². The maximum absolute atomic E-state index is 12.7. The van der Waals surface area contributed by atoms with Gasteiger partial charge in [-0.2, -0.15) is 0 Å². The van der Waals surface area contributed by atoms with E-state index in [1.807, 2.05) is 12.1 Å². The third-order valence-corrected chi connectivity index (χ3v) is 5.33. The smallest absolute Gasteiger partial charge is 0.265 e. The summed E-state index contributed by atoms with van der Waals surface area (Å²) in [6.45, 7) is 3.07. The second-order valence-electron chi connectivity index (χ2n) is 5.83. The summed E-state index contributed by atoms with van der Waals surface area (Å²) in [5.74, 6) is 0.755. The summed E-state index contributed by atoms with van der Waals surface area (Å²) in [7, 11) is -0.833. The maximum Gasteiger partial charge on any atom is 0.265 e. The minimum absolute atomic E-state index is 0.0579. The van der Waals surface area contributed by atoms with Crippen molar-refractivity contribution >= 4 is 21.4 Å². The van der Waals surface area contributed by atoms with E-state index in [0.29, 0.717) is 11.4 Å². The van der Waals surface area contributed by atoms with Crippen molar-refractivity contribution in [3.05, 3.63) is 42.5 Å². The summed E-state index contributed by atoms with van der Waals surface area (Å²) in [5.41, 5.74) is 1.45. The lowest BCUT2D eigenvalue weighted by Gasteiger charge is -2.13. The molecule has 0 aliphatic carbocycles. The highest BCUT2D eigenvalue weighted by Crippen LogP contribution is 2.30. The Bertz CT molecular complexity index is 805. The highest BCUT2D eigenvalue weighted by Gasteiger charge is 2.20. The molecule has 0 atom stereocenters. The first-order valence-corrected chi connectivity index (χ1v) is 10.1. The molecule has 0 radical (unpaired) electrons. The van der Waals surface area contributed by atoms with Gasteiger partial charge >= 0.3 is 0 Å². The molecular weight excluding hydrogens is 352 g/mol. The zero-order valence-corrected chi connectivity index (χ0v) is 16.2. The van der Waals surface area contributed by atoms with Crippen LogP contribution in [0.4, 0.5) is 11.4 Å². The fraction of sp³-hybridized carbons (Fsp3) is 0.368. The number of hydrogen-bond donors (Lipinski definition) is 2. The SMILES string of the molecule is CCCCCNc1ccc(NS(=O)(=O)c2ccc(OC)cc2OC)cc1. The summed E-state index contributed by atoms with van der Waals surface area (Å²) < 4.78 is 38.2. The van der Waals surface area contributed by atoms with Gasteiger partial charge in [0.2, 0.25) is 0 Å². The second-order valence-corrected chi connectivity index (χ2v) is 7.48. The number of ether oxygens (including phenoxy) is 2. The van der Waals surface area contributed by atoms with Gasteiger partial charge < -0.3 is 14.8 Å². The molecule has 0 fully saturated rings. The minimum atomic E-state index is -3.77. The van der Waals surface area contributed by atoms with Crippen molar-refractivity contribution < 1.29 is 17.9 Å². The monoisotopic (exact) mass is 378 g/mol. The topological polar surface area (TPSA) is 76.7 Å². The van der Waals surface area contributed by atoms with Crippen LogP contribution in [-0.2, 0) is 10.0 Å². The third-order valence-electron chi connectivity index (χ3n) is 3.91. The Morgan fingerprint density at radius 1 is 0.923 bits per heavy atom. The predicted octanol–water partition coefficient (Wildman–Crippen LogP) is 4.11. The van der Waals surface area contributed by atoms with Crippen molar-refractivity contribution in [3.8, 4) is 11.5 Å². The number of rotatable bonds is 10. The van der Waals surface area contributed by atoms with Crippen LogP contribution in [-0.4, -0.2) is 29.2 Å². The van der Waals surface area contributed by atoms with Gasteiger partial charge in [0.25, 0.3) is 10.0 Å². The van der Waals surface area contributed by atoms with Gasteiger partial charge in [0.15, 0.2) is 0 Å². The van der Waals surface area contributed by atoms with Gasteiger partial charge in [0.1, 0.15) is 16.4 Å². The summed E-state index contributed by atoms with van der Waals surface area (Å²) >= 11 is 0. The molecule has 0 amide bonds. The normalized spacial score (nSPS) is 11.0. The Hall–Kier alpha value is -2.41. The number of anilines is 2. The first-order chi connectivity index (χ1) is 12.5. The first-order valence-electron chi connectivity index (χ1n) is 8.59. The van der Waals surface area contributed by atoms with E-state index in [9.17, 15) is 8.42 Å². The zero-order chi connectivity index (χ0) is 19.0. The van der Waals surface area contributed by atoms with E-state index in [0.717, 1.165) is 18.7 Å². The van der Waals surface area contributed by atoms with Gasteiger partial charge in [-0.05, 0) is 42.8 Å². The van der Waals surface area contributed by atoms with Crippen molar-refractivity contribution in [3.63, 3.8) is 0 Å². The molecule has 0 aliphatic rings. The van der Waals surface area contributed by atoms with E-state index in [2.05, 4.69) is 17.0 Å². The van der Waals surface area contributed by atoms with Crippen LogP contribution in [0.25, 0.3) is 0 Å². The van der Waals surface area contributed by atoms with E-state index in [1.54, 1.807) is 18.2 Å². The third kappa shape index (κ3) is 5.29. The van der Waals surface area contributed by atoms with Gasteiger partial charge in [0, 0.05) is 24.0 Å². The van der Waals surface area contributed by atoms with E-state index in [4.69, 9.17) is 9.47 Å². The molecule has 6 nitrogen and oxygen atoms in total. The van der Waals surface area contributed by atoms with E-state index >= 15 is 0 Å². The van der Waals surface area contributed by atoms with Gasteiger partial charge in [-0.15, -0.1) is 0 Å². The van der Waals surface area contributed by atoms with Crippen molar-refractivity contribution in [1.82, 2.24) is 0 Å². The maximum atomic E-state index is 12.7. The van der Waals surface area contributed by atoms with Crippen molar-refractivity contribution in [2.24, 2.45) is 0 Å². The lowest BCUT2D eigenvalue weighted by atomic mass is 10.2. The molecule has 7 heteroatoms. The van der Waals surface area contributed by atoms with Crippen LogP contribution in [0.3, 0.4) is 0 Å². The quantitative estimate of drug-likeness (QED) is 0.609. The second kappa shape index (κ2) is 9.33. The molecule has 0 saturated heterocycles. The average molecular weight is 378 g/mol. The van der Waals surface area contributed by atoms with Crippen LogP contribution in [0.5, 0.6) is 11.5 Å². The molecule has 2 aromatic rings. The Morgan fingerprint density at radius 3 is 2.23 bits per heavy atom. The number of benzene rings is 2. The van der Waals surface area contributed by atoms with Gasteiger partial charge in [-0.1, -0.05) is 19.8 Å². The van der Waals surface area contributed by atoms with Crippen LogP contribution in [0.2, 0.25) is 0 Å². The molecule has 0 spiro atoms. The van der Waals surface area contributed by atoms with Crippen LogP contribution >= 0.6 is 0 Å². The Balaban J connectivity index is 2.09. The van der Waals surface area contributed by atoms with Crippen LogP contribution in [0.1, 0.15) is 26.2 Å². The van der Waals surface area contributed by atoms with Crippen LogP contribution < -0.4 is 19.5 Å². The van der Waals surface area contributed by atoms with Crippen molar-refractivity contribution in [2.45, 2.75) is 31.1 Å². The molecule has 142 valence electrons. The number of unbranched alkanes of at least 4 members (excludes halogenated alkanes) is 2. The first kappa shape index (κ1) is 19.9. The number of hydrogen-bond acceptors (Lipinski definition) is 5. The van der Waals surface area contributed by atoms with E-state index in [1.165, 1.54) is 39.2 Å². The van der Waals surface area contributed by atoms with Gasteiger partial charge in [0.05, 0.1) is 14.2 Å². The molecule has 0 aliphatic heterocycles. The van der Waals surface area contributed by atoms with Crippen LogP contribution in [0.15, 0.2) is 47.4 Å². The average Bonchev–Trinajstić information content (AvgIpc) is 2.65. The fourth-order valence-electron chi connectivity index (χ4n) is 2.47. The van der Waals surface area contributed by atoms with E-state index < -0.39 is 10.0 Å². The molecular formula is C19H26N2O4S. The molecule has 0 aromatic heterocycles. The summed E-state index contributed by atoms with van der Waals surface area (Å²) in [6, 6.07) is 11.8. The lowest BCUT2D eigenvalue weighted by Crippen LogP contribution is -2.14. The summed E-state index contributed by atoms with van der Waals surface area (Å²) in [4.78, 5) is 0.0579. The molecule has 0 unspecified atom stereocenters. The molecule has 0 saturated carbocycles. The molecule has 2 rings (SSSR count). The standard InChI is InChI=1S/C19H26N2O4S/c1-4-5-6-13-20-15-7-9-16(10-8-15)21-26(22,23)19-12-11-17(24-2)14-18(19)25-3/h7-12,14,20-21H,4-6,13H2,1-3H3. The fourth-order valence-corrected chi connectivity index (χ4v) is 3.68. The molecule has 26 heavy (non-hydrogen) atoms. The van der Waals surface area contributed by atoms with E-state index in [-0.39, 0.29) is 10.6 Å². The Labute approximate surface area is 155 Å². The largest absolute Gasteiger partial charge is 0.497 e. The van der Waals surface area contributed by atoms with Gasteiger partial charge in [-0.25, -0.2) is 8.42 Å². The number of methoxy groups -OCH3 is 2. The molecule has 2 N–H and O–H groups in total. The lowest BCUT2D eigenvalue weighted by molar-refractivity contribution is 0.386. The molecule has 0 heterocycles. The Kier molecular flexibility index (Phi) is 7.15. The zero-order valence-electron chi connectivity index (χ0n) is 15.4. The molecule has 0 bridgehead atoms.